The maximum absolute atomic E-state index is 12.3. The summed E-state index contributed by atoms with van der Waals surface area (Å²) < 4.78 is 52.3. The highest BCUT2D eigenvalue weighted by Crippen LogP contribution is 2.41. The molecule has 0 spiro atoms. The Hall–Kier alpha value is -1.45. The molecule has 1 aliphatic heterocycles. The van der Waals surface area contributed by atoms with Crippen LogP contribution in [-0.2, 0) is 9.31 Å². The molecular formula is C14H19BF3NO4. The number of benzene rings is 1. The van der Waals surface area contributed by atoms with Crippen LogP contribution >= 0.6 is 0 Å². The first-order chi connectivity index (χ1) is 10.3. The van der Waals surface area contributed by atoms with E-state index in [1.165, 1.54) is 0 Å². The van der Waals surface area contributed by atoms with Crippen LogP contribution in [0.1, 0.15) is 39.2 Å². The Bertz CT molecular complexity index is 576. The number of hydrogen-bond donors (Lipinski definition) is 2. The van der Waals surface area contributed by atoms with Crippen molar-refractivity contribution >= 4 is 7.12 Å². The van der Waals surface area contributed by atoms with Crippen molar-refractivity contribution in [3.8, 4) is 11.5 Å². The summed E-state index contributed by atoms with van der Waals surface area (Å²) in [6.07, 6.45) is -4.83. The molecule has 0 aromatic heterocycles. The molecule has 1 aromatic rings. The molecule has 1 aliphatic rings. The van der Waals surface area contributed by atoms with E-state index < -0.39 is 36.4 Å². The fourth-order valence-electron chi connectivity index (χ4n) is 2.18. The normalized spacial score (nSPS) is 21.3. The minimum Gasteiger partial charge on any atom is -0.508 e. The van der Waals surface area contributed by atoms with Crippen LogP contribution in [0.15, 0.2) is 18.2 Å². The molecular weight excluding hydrogens is 314 g/mol. The standard InChI is InChI=1S/C14H19BF3NO4/c1-12(2)13(3,4)23-15(22-12)11(19)9-7-8(5-6-10(9)20)21-14(16,17)18/h5-7,11,20H,19H2,1-4H3/t11-/m0/s1. The lowest BCUT2D eigenvalue weighted by atomic mass is 9.74. The van der Waals surface area contributed by atoms with Crippen LogP contribution in [-0.4, -0.2) is 29.8 Å². The van der Waals surface area contributed by atoms with Crippen molar-refractivity contribution in [3.63, 3.8) is 0 Å². The highest BCUT2D eigenvalue weighted by Gasteiger charge is 2.53. The van der Waals surface area contributed by atoms with Crippen molar-refractivity contribution in [1.29, 1.82) is 0 Å². The van der Waals surface area contributed by atoms with Gasteiger partial charge >= 0.3 is 13.5 Å². The van der Waals surface area contributed by atoms with E-state index in [2.05, 4.69) is 4.74 Å². The van der Waals surface area contributed by atoms with E-state index in [1.807, 2.05) is 27.7 Å². The van der Waals surface area contributed by atoms with Crippen molar-refractivity contribution in [2.45, 2.75) is 51.2 Å². The highest BCUT2D eigenvalue weighted by molar-refractivity contribution is 6.47. The van der Waals surface area contributed by atoms with E-state index in [4.69, 9.17) is 15.0 Å². The van der Waals surface area contributed by atoms with Gasteiger partial charge in [-0.1, -0.05) is 0 Å². The predicted octanol–water partition coefficient (Wildman–Crippen LogP) is 2.92. The highest BCUT2D eigenvalue weighted by atomic mass is 19.4. The Morgan fingerprint density at radius 2 is 1.70 bits per heavy atom. The molecule has 5 nitrogen and oxygen atoms in total. The molecule has 1 heterocycles. The van der Waals surface area contributed by atoms with Gasteiger partial charge in [-0.3, -0.25) is 0 Å². The Morgan fingerprint density at radius 3 is 2.17 bits per heavy atom. The maximum atomic E-state index is 12.3. The van der Waals surface area contributed by atoms with E-state index >= 15 is 0 Å². The molecule has 1 fully saturated rings. The quantitative estimate of drug-likeness (QED) is 0.832. The molecule has 1 aromatic carbocycles. The predicted molar refractivity (Wildman–Crippen MR) is 77.8 cm³/mol. The Balaban J connectivity index is 2.26. The third-order valence-corrected chi connectivity index (χ3v) is 4.16. The second kappa shape index (κ2) is 5.57. The summed E-state index contributed by atoms with van der Waals surface area (Å²) in [6.45, 7) is 7.29. The number of aromatic hydroxyl groups is 1. The molecule has 2 rings (SSSR count). The van der Waals surface area contributed by atoms with Gasteiger partial charge in [0.2, 0.25) is 0 Å². The number of halogens is 3. The molecule has 23 heavy (non-hydrogen) atoms. The second-order valence-electron chi connectivity index (χ2n) is 6.42. The zero-order valence-electron chi connectivity index (χ0n) is 13.3. The monoisotopic (exact) mass is 333 g/mol. The lowest BCUT2D eigenvalue weighted by Crippen LogP contribution is -2.41. The molecule has 128 valence electrons. The molecule has 1 atom stereocenters. The van der Waals surface area contributed by atoms with E-state index in [-0.39, 0.29) is 11.3 Å². The van der Waals surface area contributed by atoms with Crippen molar-refractivity contribution in [1.82, 2.24) is 0 Å². The van der Waals surface area contributed by atoms with Gasteiger partial charge in [0.1, 0.15) is 11.5 Å². The van der Waals surface area contributed by atoms with E-state index in [0.29, 0.717) is 0 Å². The fourth-order valence-corrected chi connectivity index (χ4v) is 2.18. The van der Waals surface area contributed by atoms with Crippen molar-refractivity contribution in [2.24, 2.45) is 5.73 Å². The van der Waals surface area contributed by atoms with Crippen LogP contribution in [0.4, 0.5) is 13.2 Å². The van der Waals surface area contributed by atoms with Crippen molar-refractivity contribution in [3.05, 3.63) is 23.8 Å². The topological polar surface area (TPSA) is 73.9 Å². The van der Waals surface area contributed by atoms with Gasteiger partial charge in [-0.15, -0.1) is 13.2 Å². The minimum absolute atomic E-state index is 0.0465. The first-order valence-electron chi connectivity index (χ1n) is 7.02. The lowest BCUT2D eigenvalue weighted by Gasteiger charge is -2.32. The van der Waals surface area contributed by atoms with Crippen LogP contribution < -0.4 is 10.5 Å². The second-order valence-corrected chi connectivity index (χ2v) is 6.42. The Morgan fingerprint density at radius 1 is 1.17 bits per heavy atom. The van der Waals surface area contributed by atoms with Crippen LogP contribution in [0.25, 0.3) is 0 Å². The maximum Gasteiger partial charge on any atom is 0.573 e. The smallest absolute Gasteiger partial charge is 0.508 e. The average Bonchev–Trinajstić information content (AvgIpc) is 2.58. The SMILES string of the molecule is CC1(C)OB([C@@H](N)c2cc(OC(F)(F)F)ccc2O)OC1(C)C. The number of phenolic OH excluding ortho intramolecular Hbond substituents is 1. The molecule has 9 heteroatoms. The summed E-state index contributed by atoms with van der Waals surface area (Å²) in [7, 11) is -0.910. The molecule has 0 aliphatic carbocycles. The summed E-state index contributed by atoms with van der Waals surface area (Å²) in [5.74, 6) is -1.72. The number of phenols is 1. The van der Waals surface area contributed by atoms with Gasteiger partial charge in [-0.25, -0.2) is 0 Å². The lowest BCUT2D eigenvalue weighted by molar-refractivity contribution is -0.274. The van der Waals surface area contributed by atoms with Crippen LogP contribution in [0, 0.1) is 0 Å². The number of alkyl halides is 3. The molecule has 3 N–H and O–H groups in total. The van der Waals surface area contributed by atoms with Gasteiger partial charge in [-0.2, -0.15) is 0 Å². The summed E-state index contributed by atoms with van der Waals surface area (Å²) in [5.41, 5.74) is 4.78. The molecule has 0 amide bonds. The van der Waals surface area contributed by atoms with Gasteiger partial charge < -0.3 is 24.9 Å². The van der Waals surface area contributed by atoms with Crippen LogP contribution in [0.3, 0.4) is 0 Å². The average molecular weight is 333 g/mol. The van der Waals surface area contributed by atoms with E-state index in [0.717, 1.165) is 18.2 Å². The molecule has 0 saturated carbocycles. The van der Waals surface area contributed by atoms with Crippen molar-refractivity contribution < 1.29 is 32.3 Å². The zero-order chi connectivity index (χ0) is 17.6. The minimum atomic E-state index is -4.83. The Kier molecular flexibility index (Phi) is 4.34. The summed E-state index contributed by atoms with van der Waals surface area (Å²) in [4.78, 5) is 0. The molecule has 1 saturated heterocycles. The Labute approximate surface area is 132 Å². The zero-order valence-corrected chi connectivity index (χ0v) is 13.3. The number of hydrogen-bond acceptors (Lipinski definition) is 5. The van der Waals surface area contributed by atoms with Crippen LogP contribution in [0.2, 0.25) is 0 Å². The van der Waals surface area contributed by atoms with Gasteiger partial charge in [-0.05, 0) is 45.9 Å². The van der Waals surface area contributed by atoms with E-state index in [1.54, 1.807) is 0 Å². The number of ether oxygens (including phenoxy) is 1. The summed E-state index contributed by atoms with van der Waals surface area (Å²) in [6, 6.07) is 3.11. The van der Waals surface area contributed by atoms with Gasteiger partial charge in [0, 0.05) is 5.56 Å². The van der Waals surface area contributed by atoms with Gasteiger partial charge in [0.25, 0.3) is 0 Å². The third kappa shape index (κ3) is 3.73. The van der Waals surface area contributed by atoms with Crippen molar-refractivity contribution in [2.75, 3.05) is 0 Å². The molecule has 0 bridgehead atoms. The number of rotatable bonds is 3. The van der Waals surface area contributed by atoms with Gasteiger partial charge in [0.05, 0.1) is 17.1 Å². The van der Waals surface area contributed by atoms with Gasteiger partial charge in [0.15, 0.2) is 0 Å². The third-order valence-electron chi connectivity index (χ3n) is 4.16. The molecule has 0 radical (unpaired) electrons. The molecule has 0 unspecified atom stereocenters. The fraction of sp³-hybridized carbons (Fsp3) is 0.571. The van der Waals surface area contributed by atoms with E-state index in [9.17, 15) is 18.3 Å². The summed E-state index contributed by atoms with van der Waals surface area (Å²) in [5, 5.41) is 9.90. The first-order valence-corrected chi connectivity index (χ1v) is 7.02. The van der Waals surface area contributed by atoms with Crippen LogP contribution in [0.5, 0.6) is 11.5 Å². The number of nitrogens with two attached hydrogens (primary N) is 1. The summed E-state index contributed by atoms with van der Waals surface area (Å²) >= 11 is 0. The largest absolute Gasteiger partial charge is 0.573 e. The first kappa shape index (κ1) is 17.9.